The van der Waals surface area contributed by atoms with Crippen molar-refractivity contribution in [3.8, 4) is 0 Å². The van der Waals surface area contributed by atoms with Crippen molar-refractivity contribution in [3.05, 3.63) is 35.9 Å². The first-order valence-corrected chi connectivity index (χ1v) is 6.72. The molecule has 19 heavy (non-hydrogen) atoms. The minimum atomic E-state index is -0.909. The molecule has 0 aliphatic heterocycles. The van der Waals surface area contributed by atoms with Crippen LogP contribution in [0.25, 0.3) is 0 Å². The van der Waals surface area contributed by atoms with Crippen LogP contribution in [0.1, 0.15) is 31.7 Å². The van der Waals surface area contributed by atoms with E-state index in [0.717, 1.165) is 5.56 Å². The van der Waals surface area contributed by atoms with Gasteiger partial charge in [0.1, 0.15) is 6.10 Å². The van der Waals surface area contributed by atoms with Crippen LogP contribution in [0.3, 0.4) is 0 Å². The van der Waals surface area contributed by atoms with Gasteiger partial charge in [0.05, 0.1) is 12.1 Å². The third kappa shape index (κ3) is 2.96. The lowest BCUT2D eigenvalue weighted by Crippen LogP contribution is -2.46. The SMILES string of the molecule is CC(C)C(=O)N[C@H]1[C@H](O)[C@H](O)C[C@@H]1c1ccccc1. The quantitative estimate of drug-likeness (QED) is 0.763. The summed E-state index contributed by atoms with van der Waals surface area (Å²) in [7, 11) is 0. The van der Waals surface area contributed by atoms with Gasteiger partial charge in [0.25, 0.3) is 0 Å². The number of nitrogens with one attached hydrogen (secondary N) is 1. The number of hydrogen-bond acceptors (Lipinski definition) is 3. The molecule has 1 fully saturated rings. The first-order chi connectivity index (χ1) is 9.00. The van der Waals surface area contributed by atoms with Gasteiger partial charge in [-0.15, -0.1) is 0 Å². The highest BCUT2D eigenvalue weighted by atomic mass is 16.3. The molecule has 1 amide bonds. The van der Waals surface area contributed by atoms with Gasteiger partial charge in [0.2, 0.25) is 5.91 Å². The summed E-state index contributed by atoms with van der Waals surface area (Å²) in [4.78, 5) is 11.8. The van der Waals surface area contributed by atoms with E-state index in [2.05, 4.69) is 5.32 Å². The van der Waals surface area contributed by atoms with Crippen molar-refractivity contribution in [3.63, 3.8) is 0 Å². The molecular weight excluding hydrogens is 242 g/mol. The number of aliphatic hydroxyl groups is 2. The number of carbonyl (C=O) groups is 1. The second kappa shape index (κ2) is 5.72. The molecule has 4 heteroatoms. The van der Waals surface area contributed by atoms with Gasteiger partial charge in [-0.1, -0.05) is 44.2 Å². The van der Waals surface area contributed by atoms with Gasteiger partial charge >= 0.3 is 0 Å². The Morgan fingerprint density at radius 2 is 1.89 bits per heavy atom. The molecule has 1 saturated carbocycles. The van der Waals surface area contributed by atoms with Crippen LogP contribution in [0.2, 0.25) is 0 Å². The topological polar surface area (TPSA) is 69.6 Å². The zero-order chi connectivity index (χ0) is 14.0. The van der Waals surface area contributed by atoms with Crippen molar-refractivity contribution in [1.82, 2.24) is 5.32 Å². The van der Waals surface area contributed by atoms with Crippen molar-refractivity contribution >= 4 is 5.91 Å². The molecule has 104 valence electrons. The van der Waals surface area contributed by atoms with Crippen LogP contribution >= 0.6 is 0 Å². The lowest BCUT2D eigenvalue weighted by Gasteiger charge is -2.24. The van der Waals surface area contributed by atoms with Gasteiger partial charge in [-0.3, -0.25) is 4.79 Å². The fourth-order valence-electron chi connectivity index (χ4n) is 2.58. The van der Waals surface area contributed by atoms with Gasteiger partial charge < -0.3 is 15.5 Å². The van der Waals surface area contributed by atoms with Gasteiger partial charge in [-0.25, -0.2) is 0 Å². The molecule has 3 N–H and O–H groups in total. The van der Waals surface area contributed by atoms with Crippen LogP contribution < -0.4 is 5.32 Å². The average Bonchev–Trinajstić information content (AvgIpc) is 2.68. The van der Waals surface area contributed by atoms with Gasteiger partial charge in [0, 0.05) is 11.8 Å². The Labute approximate surface area is 113 Å². The normalized spacial score (nSPS) is 30.6. The molecule has 2 rings (SSSR count). The maximum Gasteiger partial charge on any atom is 0.222 e. The van der Waals surface area contributed by atoms with E-state index in [1.54, 1.807) is 0 Å². The summed E-state index contributed by atoms with van der Waals surface area (Å²) in [6.07, 6.45) is -1.23. The first kappa shape index (κ1) is 14.0. The summed E-state index contributed by atoms with van der Waals surface area (Å²) >= 11 is 0. The lowest BCUT2D eigenvalue weighted by atomic mass is 9.93. The molecule has 4 nitrogen and oxygen atoms in total. The van der Waals surface area contributed by atoms with Crippen molar-refractivity contribution < 1.29 is 15.0 Å². The molecule has 0 saturated heterocycles. The Hall–Kier alpha value is -1.39. The third-order valence-electron chi connectivity index (χ3n) is 3.75. The fourth-order valence-corrected chi connectivity index (χ4v) is 2.58. The van der Waals surface area contributed by atoms with Crippen molar-refractivity contribution in [2.45, 2.75) is 44.4 Å². The third-order valence-corrected chi connectivity index (χ3v) is 3.75. The van der Waals surface area contributed by atoms with Crippen LogP contribution in [0.15, 0.2) is 30.3 Å². The molecule has 1 aromatic carbocycles. The second-order valence-electron chi connectivity index (χ2n) is 5.50. The summed E-state index contributed by atoms with van der Waals surface area (Å²) in [5, 5.41) is 22.8. The summed E-state index contributed by atoms with van der Waals surface area (Å²) in [5.41, 5.74) is 1.03. The maximum atomic E-state index is 11.8. The van der Waals surface area contributed by atoms with Crippen molar-refractivity contribution in [1.29, 1.82) is 0 Å². The predicted molar refractivity (Wildman–Crippen MR) is 72.6 cm³/mol. The van der Waals surface area contributed by atoms with Crippen molar-refractivity contribution in [2.24, 2.45) is 5.92 Å². The van der Waals surface area contributed by atoms with Crippen LogP contribution in [0.5, 0.6) is 0 Å². The predicted octanol–water partition coefficient (Wildman–Crippen LogP) is 1.04. The zero-order valence-corrected chi connectivity index (χ0v) is 11.3. The summed E-state index contributed by atoms with van der Waals surface area (Å²) in [6.45, 7) is 3.62. The maximum absolute atomic E-state index is 11.8. The number of carbonyl (C=O) groups excluding carboxylic acids is 1. The van der Waals surface area contributed by atoms with E-state index in [0.29, 0.717) is 6.42 Å². The van der Waals surface area contributed by atoms with Gasteiger partial charge in [0.15, 0.2) is 0 Å². The van der Waals surface area contributed by atoms with E-state index < -0.39 is 18.2 Å². The average molecular weight is 263 g/mol. The van der Waals surface area contributed by atoms with Gasteiger partial charge in [-0.05, 0) is 12.0 Å². The Bertz CT molecular complexity index is 432. The monoisotopic (exact) mass is 263 g/mol. The molecule has 0 radical (unpaired) electrons. The van der Waals surface area contributed by atoms with Crippen molar-refractivity contribution in [2.75, 3.05) is 0 Å². The highest BCUT2D eigenvalue weighted by molar-refractivity contribution is 5.78. The van der Waals surface area contributed by atoms with E-state index in [9.17, 15) is 15.0 Å². The summed E-state index contributed by atoms with van der Waals surface area (Å²) in [5.74, 6) is -0.283. The number of hydrogen-bond donors (Lipinski definition) is 3. The highest BCUT2D eigenvalue weighted by Crippen LogP contribution is 2.35. The number of aliphatic hydroxyl groups excluding tert-OH is 2. The van der Waals surface area contributed by atoms with Crippen LogP contribution in [0.4, 0.5) is 0 Å². The minimum absolute atomic E-state index is 0.0473. The van der Waals surface area contributed by atoms with E-state index in [1.807, 2.05) is 44.2 Å². The molecular formula is C15H21NO3. The molecule has 0 unspecified atom stereocenters. The van der Waals surface area contributed by atoms with Crippen LogP contribution in [0, 0.1) is 5.92 Å². The summed E-state index contributed by atoms with van der Waals surface area (Å²) < 4.78 is 0. The molecule has 1 aliphatic carbocycles. The van der Waals surface area contributed by atoms with E-state index >= 15 is 0 Å². The Kier molecular flexibility index (Phi) is 4.22. The molecule has 1 aromatic rings. The first-order valence-electron chi connectivity index (χ1n) is 6.72. The highest BCUT2D eigenvalue weighted by Gasteiger charge is 2.43. The van der Waals surface area contributed by atoms with Crippen LogP contribution in [-0.4, -0.2) is 34.4 Å². The largest absolute Gasteiger partial charge is 0.390 e. The smallest absolute Gasteiger partial charge is 0.222 e. The zero-order valence-electron chi connectivity index (χ0n) is 11.3. The van der Waals surface area contributed by atoms with E-state index in [1.165, 1.54) is 0 Å². The molecule has 0 bridgehead atoms. The molecule has 0 aromatic heterocycles. The molecule has 0 spiro atoms. The Balaban J connectivity index is 2.19. The minimum Gasteiger partial charge on any atom is -0.390 e. The Morgan fingerprint density at radius 1 is 1.26 bits per heavy atom. The van der Waals surface area contributed by atoms with Gasteiger partial charge in [-0.2, -0.15) is 0 Å². The lowest BCUT2D eigenvalue weighted by molar-refractivity contribution is -0.125. The fraction of sp³-hybridized carbons (Fsp3) is 0.533. The molecule has 0 heterocycles. The number of benzene rings is 1. The van der Waals surface area contributed by atoms with Crippen LogP contribution in [-0.2, 0) is 4.79 Å². The van der Waals surface area contributed by atoms with E-state index in [-0.39, 0.29) is 17.7 Å². The number of rotatable bonds is 3. The Morgan fingerprint density at radius 3 is 2.47 bits per heavy atom. The molecule has 4 atom stereocenters. The summed E-state index contributed by atoms with van der Waals surface area (Å²) in [6, 6.07) is 9.27. The van der Waals surface area contributed by atoms with E-state index in [4.69, 9.17) is 0 Å². The second-order valence-corrected chi connectivity index (χ2v) is 5.50. The molecule has 1 aliphatic rings. The number of amides is 1. The standard InChI is InChI=1S/C15H21NO3/c1-9(2)15(19)16-13-11(8-12(17)14(13)18)10-6-4-3-5-7-10/h3-7,9,11-14,17-18H,8H2,1-2H3,(H,16,19)/t11-,12-,13-,14-/m1/s1.